The Bertz CT molecular complexity index is 148. The fraction of sp³-hybridized carbons (Fsp3) is 1.00. The minimum atomic E-state index is -3.49. The molecular formula is C6H15O4P. The van der Waals surface area contributed by atoms with Crippen LogP contribution in [0.1, 0.15) is 20.3 Å². The number of ether oxygens (including phenoxy) is 1. The molecule has 2 atom stereocenters. The molecule has 0 radical (unpaired) electrons. The van der Waals surface area contributed by atoms with E-state index in [1.165, 1.54) is 7.11 Å². The summed E-state index contributed by atoms with van der Waals surface area (Å²) in [5.41, 5.74) is 0. The number of rotatable bonds is 5. The van der Waals surface area contributed by atoms with Crippen molar-refractivity contribution in [2.45, 2.75) is 26.4 Å². The van der Waals surface area contributed by atoms with E-state index in [1.807, 2.05) is 6.92 Å². The highest BCUT2D eigenvalue weighted by Gasteiger charge is 2.21. The Hall–Kier alpha value is 0.110. The SMILES string of the molecule is CCC(C)OP(=O)(O)COC. The van der Waals surface area contributed by atoms with Crippen LogP contribution in [-0.4, -0.2) is 24.5 Å². The van der Waals surface area contributed by atoms with Crippen molar-refractivity contribution < 1.29 is 18.7 Å². The van der Waals surface area contributed by atoms with Gasteiger partial charge in [0.15, 0.2) is 0 Å². The minimum Gasteiger partial charge on any atom is -0.372 e. The first-order chi connectivity index (χ1) is 5.02. The average molecular weight is 182 g/mol. The summed E-state index contributed by atoms with van der Waals surface area (Å²) >= 11 is 0. The first-order valence-corrected chi connectivity index (χ1v) is 5.27. The molecule has 11 heavy (non-hydrogen) atoms. The maximum absolute atomic E-state index is 11.0. The van der Waals surface area contributed by atoms with E-state index < -0.39 is 7.60 Å². The Balaban J connectivity index is 3.81. The van der Waals surface area contributed by atoms with E-state index in [2.05, 4.69) is 4.74 Å². The predicted octanol–water partition coefficient (Wildman–Crippen LogP) is 1.59. The molecule has 0 saturated carbocycles. The second-order valence-corrected chi connectivity index (χ2v) is 4.12. The van der Waals surface area contributed by atoms with E-state index in [0.717, 1.165) is 0 Å². The molecule has 0 aromatic heterocycles. The molecule has 0 spiro atoms. The highest BCUT2D eigenvalue weighted by molar-refractivity contribution is 7.52. The van der Waals surface area contributed by atoms with Gasteiger partial charge in [-0.2, -0.15) is 0 Å². The fourth-order valence-corrected chi connectivity index (χ4v) is 1.65. The maximum Gasteiger partial charge on any atom is 0.353 e. The molecule has 0 heterocycles. The second kappa shape index (κ2) is 4.88. The molecule has 0 aliphatic rings. The molecule has 1 N–H and O–H groups in total. The monoisotopic (exact) mass is 182 g/mol. The van der Waals surface area contributed by atoms with Crippen molar-refractivity contribution in [3.63, 3.8) is 0 Å². The van der Waals surface area contributed by atoms with Crippen LogP contribution >= 0.6 is 7.60 Å². The third-order valence-electron chi connectivity index (χ3n) is 1.21. The van der Waals surface area contributed by atoms with E-state index in [-0.39, 0.29) is 12.5 Å². The van der Waals surface area contributed by atoms with Crippen LogP contribution in [0, 0.1) is 0 Å². The first-order valence-electron chi connectivity index (χ1n) is 3.51. The molecule has 2 unspecified atom stereocenters. The van der Waals surface area contributed by atoms with Crippen molar-refractivity contribution in [1.82, 2.24) is 0 Å². The molecule has 0 aromatic rings. The van der Waals surface area contributed by atoms with Crippen molar-refractivity contribution in [3.05, 3.63) is 0 Å². The van der Waals surface area contributed by atoms with Gasteiger partial charge in [-0.25, -0.2) is 0 Å². The average Bonchev–Trinajstić information content (AvgIpc) is 1.86. The number of hydrogen-bond acceptors (Lipinski definition) is 3. The van der Waals surface area contributed by atoms with Crippen molar-refractivity contribution in [2.75, 3.05) is 13.5 Å². The topological polar surface area (TPSA) is 55.8 Å². The summed E-state index contributed by atoms with van der Waals surface area (Å²) in [7, 11) is -2.12. The Labute approximate surface area is 67.0 Å². The van der Waals surface area contributed by atoms with Gasteiger partial charge in [-0.05, 0) is 13.3 Å². The summed E-state index contributed by atoms with van der Waals surface area (Å²) in [6, 6.07) is 0. The lowest BCUT2D eigenvalue weighted by Crippen LogP contribution is -2.06. The van der Waals surface area contributed by atoms with Crippen LogP contribution in [0.25, 0.3) is 0 Å². The zero-order valence-electron chi connectivity index (χ0n) is 7.11. The maximum atomic E-state index is 11.0. The summed E-state index contributed by atoms with van der Waals surface area (Å²) < 4.78 is 20.3. The third-order valence-corrected chi connectivity index (χ3v) is 2.49. The summed E-state index contributed by atoms with van der Waals surface area (Å²) in [6.07, 6.45) is 0.284. The van der Waals surface area contributed by atoms with Crippen LogP contribution in [0.4, 0.5) is 0 Å². The first kappa shape index (κ1) is 11.1. The zero-order chi connectivity index (χ0) is 8.91. The quantitative estimate of drug-likeness (QED) is 0.656. The Morgan fingerprint density at radius 1 is 1.64 bits per heavy atom. The fourth-order valence-electron chi connectivity index (χ4n) is 0.549. The van der Waals surface area contributed by atoms with Crippen LogP contribution < -0.4 is 0 Å². The molecule has 5 heteroatoms. The van der Waals surface area contributed by atoms with Gasteiger partial charge in [0.2, 0.25) is 0 Å². The van der Waals surface area contributed by atoms with Gasteiger partial charge in [0, 0.05) is 7.11 Å². The van der Waals surface area contributed by atoms with Gasteiger partial charge in [-0.1, -0.05) is 6.92 Å². The van der Waals surface area contributed by atoms with Crippen LogP contribution in [-0.2, 0) is 13.8 Å². The number of methoxy groups -OCH3 is 1. The molecule has 0 fully saturated rings. The standard InChI is InChI=1S/C6H15O4P/c1-4-6(2)10-11(7,8)5-9-3/h6H,4-5H2,1-3H3,(H,7,8). The lowest BCUT2D eigenvalue weighted by atomic mass is 10.3. The summed E-state index contributed by atoms with van der Waals surface area (Å²) in [4.78, 5) is 9.02. The lowest BCUT2D eigenvalue weighted by molar-refractivity contribution is 0.151. The van der Waals surface area contributed by atoms with Crippen LogP contribution in [0.2, 0.25) is 0 Å². The van der Waals surface area contributed by atoms with Crippen LogP contribution in [0.3, 0.4) is 0 Å². The van der Waals surface area contributed by atoms with Gasteiger partial charge in [-0.15, -0.1) is 0 Å². The highest BCUT2D eigenvalue weighted by atomic mass is 31.2. The molecule has 0 rings (SSSR count). The molecule has 0 saturated heterocycles. The highest BCUT2D eigenvalue weighted by Crippen LogP contribution is 2.43. The smallest absolute Gasteiger partial charge is 0.353 e. The van der Waals surface area contributed by atoms with Crippen molar-refractivity contribution in [1.29, 1.82) is 0 Å². The molecule has 0 amide bonds. The van der Waals surface area contributed by atoms with Gasteiger partial charge in [0.1, 0.15) is 6.35 Å². The van der Waals surface area contributed by atoms with Crippen molar-refractivity contribution in [3.8, 4) is 0 Å². The largest absolute Gasteiger partial charge is 0.372 e. The second-order valence-electron chi connectivity index (χ2n) is 2.38. The predicted molar refractivity (Wildman–Crippen MR) is 42.5 cm³/mol. The summed E-state index contributed by atoms with van der Waals surface area (Å²) in [5.74, 6) is 0. The van der Waals surface area contributed by atoms with Crippen LogP contribution in [0.15, 0.2) is 0 Å². The van der Waals surface area contributed by atoms with Crippen molar-refractivity contribution in [2.24, 2.45) is 0 Å². The zero-order valence-corrected chi connectivity index (χ0v) is 8.01. The molecule has 0 aliphatic heterocycles. The van der Waals surface area contributed by atoms with Gasteiger partial charge in [0.05, 0.1) is 6.10 Å². The molecule has 68 valence electrons. The number of hydrogen-bond donors (Lipinski definition) is 1. The van der Waals surface area contributed by atoms with E-state index in [9.17, 15) is 4.57 Å². The Kier molecular flexibility index (Phi) is 4.93. The van der Waals surface area contributed by atoms with Crippen LogP contribution in [0.5, 0.6) is 0 Å². The van der Waals surface area contributed by atoms with E-state index in [0.29, 0.717) is 6.42 Å². The van der Waals surface area contributed by atoms with Gasteiger partial charge >= 0.3 is 7.60 Å². The third kappa shape index (κ3) is 5.39. The molecule has 0 bridgehead atoms. The Morgan fingerprint density at radius 3 is 2.55 bits per heavy atom. The summed E-state index contributed by atoms with van der Waals surface area (Å²) in [5, 5.41) is 0. The molecule has 0 aromatic carbocycles. The van der Waals surface area contributed by atoms with E-state index >= 15 is 0 Å². The van der Waals surface area contributed by atoms with Gasteiger partial charge in [0.25, 0.3) is 0 Å². The molecular weight excluding hydrogens is 167 g/mol. The molecule has 4 nitrogen and oxygen atoms in total. The summed E-state index contributed by atoms with van der Waals surface area (Å²) in [6.45, 7) is 3.63. The lowest BCUT2D eigenvalue weighted by Gasteiger charge is -2.15. The van der Waals surface area contributed by atoms with E-state index in [1.54, 1.807) is 6.92 Å². The normalized spacial score (nSPS) is 19.3. The van der Waals surface area contributed by atoms with Crippen molar-refractivity contribution >= 4 is 7.60 Å². The van der Waals surface area contributed by atoms with Gasteiger partial charge < -0.3 is 14.2 Å². The Morgan fingerprint density at radius 2 is 2.18 bits per heavy atom. The van der Waals surface area contributed by atoms with E-state index in [4.69, 9.17) is 9.42 Å². The molecule has 0 aliphatic carbocycles. The minimum absolute atomic E-state index is 0.194. The van der Waals surface area contributed by atoms with Gasteiger partial charge in [-0.3, -0.25) is 4.57 Å².